The SMILES string of the molecule is CC(C)C[C@H](NC(=O)[C@H](CCC1CCCCC1)NC(=O)[C@@H]1[C@@H]2CCCC[C@@H]2CN1C(=O)c1ccc(F)cc1)C(=O)NC(C)(C)C(=O)N[C@@H](CC(C)C)C(=O)N[C@@H](CC(C)C)C(=O)NC(C)(C)C(=O)NC(C)(C)C(=O)N[C@@H](C)CN(C)C. The molecule has 1 aromatic carbocycles. The number of likely N-dealkylation sites (N-methyl/N-ethyl adjacent to an activating group) is 1. The van der Waals surface area contributed by atoms with Gasteiger partial charge in [0.05, 0.1) is 0 Å². The van der Waals surface area contributed by atoms with Gasteiger partial charge in [-0.1, -0.05) is 86.5 Å². The fourth-order valence-electron chi connectivity index (χ4n) is 11.6. The van der Waals surface area contributed by atoms with Gasteiger partial charge in [-0.25, -0.2) is 4.39 Å². The molecule has 0 radical (unpaired) electrons. The number of fused-ring (bicyclic) bond motifs is 1. The fraction of sp³-hybridized carbons (Fsp3) is 0.754. The molecular formula is C61H101FN10O9. The van der Waals surface area contributed by atoms with Crippen LogP contribution in [0.3, 0.4) is 0 Å². The summed E-state index contributed by atoms with van der Waals surface area (Å²) in [5.41, 5.74) is -4.23. The van der Waals surface area contributed by atoms with E-state index in [1.807, 2.05) is 67.5 Å². The van der Waals surface area contributed by atoms with Gasteiger partial charge in [0.25, 0.3) is 5.91 Å². The molecule has 4 rings (SSSR count). The average molecular weight is 1140 g/mol. The fourth-order valence-corrected chi connectivity index (χ4v) is 11.6. The quantitative estimate of drug-likeness (QED) is 0.0512. The van der Waals surface area contributed by atoms with Crippen molar-refractivity contribution in [1.29, 1.82) is 0 Å². The third-order valence-corrected chi connectivity index (χ3v) is 16.0. The first-order chi connectivity index (χ1) is 37.7. The van der Waals surface area contributed by atoms with Gasteiger partial charge >= 0.3 is 0 Å². The number of hydrogen-bond donors (Lipinski definition) is 8. The largest absolute Gasteiger partial charge is 0.350 e. The van der Waals surface area contributed by atoms with Gasteiger partial charge in [-0.2, -0.15) is 0 Å². The second kappa shape index (κ2) is 30.1. The predicted molar refractivity (Wildman–Crippen MR) is 311 cm³/mol. The Bertz CT molecular complexity index is 2330. The summed E-state index contributed by atoms with van der Waals surface area (Å²) in [6.07, 6.45) is 10.3. The molecule has 0 spiro atoms. The lowest BCUT2D eigenvalue weighted by molar-refractivity contribution is -0.139. The van der Waals surface area contributed by atoms with E-state index in [-0.39, 0.29) is 66.4 Å². The van der Waals surface area contributed by atoms with Crippen LogP contribution in [0.4, 0.5) is 4.39 Å². The number of hydrogen-bond acceptors (Lipinski definition) is 10. The van der Waals surface area contributed by atoms with Crippen molar-refractivity contribution >= 4 is 53.2 Å². The van der Waals surface area contributed by atoms with Crippen LogP contribution < -0.4 is 42.5 Å². The molecule has 9 amide bonds. The summed E-state index contributed by atoms with van der Waals surface area (Å²) < 4.78 is 13.9. The van der Waals surface area contributed by atoms with Crippen LogP contribution in [0.2, 0.25) is 0 Å². The van der Waals surface area contributed by atoms with Crippen LogP contribution in [0, 0.1) is 41.3 Å². The monoisotopic (exact) mass is 1140 g/mol. The highest BCUT2D eigenvalue weighted by molar-refractivity contribution is 6.01. The first-order valence-electron chi connectivity index (χ1n) is 29.9. The second-order valence-electron chi connectivity index (χ2n) is 26.7. The topological polar surface area (TPSA) is 256 Å². The van der Waals surface area contributed by atoms with Crippen molar-refractivity contribution in [2.45, 2.75) is 233 Å². The van der Waals surface area contributed by atoms with Crippen LogP contribution in [0.25, 0.3) is 0 Å². The minimum atomic E-state index is -1.64. The number of halogens is 1. The predicted octanol–water partition coefficient (Wildman–Crippen LogP) is 5.65. The molecule has 8 N–H and O–H groups in total. The zero-order valence-corrected chi connectivity index (χ0v) is 51.5. The Balaban J connectivity index is 1.50. The van der Waals surface area contributed by atoms with Gasteiger partial charge < -0.3 is 52.3 Å². The van der Waals surface area contributed by atoms with E-state index in [0.717, 1.165) is 57.8 Å². The molecular weight excluding hydrogens is 1040 g/mol. The second-order valence-corrected chi connectivity index (χ2v) is 26.7. The number of likely N-dealkylation sites (tertiary alicyclic amines) is 1. The minimum absolute atomic E-state index is 0.0913. The maximum atomic E-state index is 14.7. The van der Waals surface area contributed by atoms with Crippen LogP contribution >= 0.6 is 0 Å². The van der Waals surface area contributed by atoms with Gasteiger partial charge in [-0.3, -0.25) is 43.2 Å². The number of rotatable bonds is 28. The van der Waals surface area contributed by atoms with Gasteiger partial charge in [0.2, 0.25) is 47.3 Å². The summed E-state index contributed by atoms with van der Waals surface area (Å²) in [4.78, 5) is 131. The summed E-state index contributed by atoms with van der Waals surface area (Å²) in [5.74, 6) is -5.52. The Morgan fingerprint density at radius 1 is 0.556 bits per heavy atom. The Labute approximate surface area is 482 Å². The smallest absolute Gasteiger partial charge is 0.254 e. The van der Waals surface area contributed by atoms with Crippen molar-refractivity contribution in [3.05, 3.63) is 35.6 Å². The van der Waals surface area contributed by atoms with Crippen LogP contribution in [0.15, 0.2) is 24.3 Å². The molecule has 2 saturated carbocycles. The molecule has 8 atom stereocenters. The van der Waals surface area contributed by atoms with E-state index in [0.29, 0.717) is 31.8 Å². The molecule has 3 fully saturated rings. The summed E-state index contributed by atoms with van der Waals surface area (Å²) in [7, 11) is 3.77. The van der Waals surface area contributed by atoms with E-state index in [1.54, 1.807) is 18.7 Å². The van der Waals surface area contributed by atoms with Crippen molar-refractivity contribution in [2.24, 2.45) is 35.5 Å². The van der Waals surface area contributed by atoms with Gasteiger partial charge in [0, 0.05) is 24.7 Å². The van der Waals surface area contributed by atoms with E-state index >= 15 is 0 Å². The van der Waals surface area contributed by atoms with Crippen LogP contribution in [-0.4, -0.2) is 143 Å². The number of nitrogens with one attached hydrogen (secondary N) is 8. The minimum Gasteiger partial charge on any atom is -0.350 e. The lowest BCUT2D eigenvalue weighted by Crippen LogP contribution is -2.65. The first-order valence-corrected chi connectivity index (χ1v) is 29.9. The number of carbonyl (C=O) groups excluding carboxylic acids is 9. The highest BCUT2D eigenvalue weighted by Gasteiger charge is 2.49. The van der Waals surface area contributed by atoms with Gasteiger partial charge in [-0.15, -0.1) is 0 Å². The van der Waals surface area contributed by atoms with Crippen LogP contribution in [0.1, 0.15) is 190 Å². The Morgan fingerprint density at radius 3 is 1.53 bits per heavy atom. The molecule has 456 valence electrons. The third-order valence-electron chi connectivity index (χ3n) is 16.0. The van der Waals surface area contributed by atoms with Crippen molar-refractivity contribution < 1.29 is 47.5 Å². The maximum absolute atomic E-state index is 14.7. The molecule has 3 aliphatic rings. The van der Waals surface area contributed by atoms with Gasteiger partial charge in [0.15, 0.2) is 0 Å². The van der Waals surface area contributed by atoms with Crippen molar-refractivity contribution in [1.82, 2.24) is 52.3 Å². The number of carbonyl (C=O) groups is 9. The van der Waals surface area contributed by atoms with E-state index < -0.39 is 99.9 Å². The molecule has 0 aromatic heterocycles. The molecule has 19 nitrogen and oxygen atoms in total. The molecule has 0 unspecified atom stereocenters. The first kappa shape index (κ1) is 67.8. The lowest BCUT2D eigenvalue weighted by Gasteiger charge is -2.34. The summed E-state index contributed by atoms with van der Waals surface area (Å²) >= 11 is 0. The maximum Gasteiger partial charge on any atom is 0.254 e. The zero-order valence-electron chi connectivity index (χ0n) is 51.5. The van der Waals surface area contributed by atoms with Crippen LogP contribution in [0.5, 0.6) is 0 Å². The molecule has 1 aliphatic heterocycles. The highest BCUT2D eigenvalue weighted by atomic mass is 19.1. The van der Waals surface area contributed by atoms with E-state index in [9.17, 15) is 47.5 Å². The van der Waals surface area contributed by atoms with Gasteiger partial charge in [-0.05, 0) is 167 Å². The number of nitrogens with zero attached hydrogens (tertiary/aromatic N) is 2. The third kappa shape index (κ3) is 20.6. The summed E-state index contributed by atoms with van der Waals surface area (Å²) in [6.45, 7) is 23.2. The van der Waals surface area contributed by atoms with E-state index in [1.165, 1.54) is 52.0 Å². The molecule has 2 aliphatic carbocycles. The van der Waals surface area contributed by atoms with Crippen molar-refractivity contribution in [3.63, 3.8) is 0 Å². The Kier molecular flexibility index (Phi) is 25.2. The van der Waals surface area contributed by atoms with Crippen molar-refractivity contribution in [2.75, 3.05) is 27.2 Å². The Morgan fingerprint density at radius 2 is 1.01 bits per heavy atom. The lowest BCUT2D eigenvalue weighted by atomic mass is 9.78. The normalized spacial score (nSPS) is 19.9. The van der Waals surface area contributed by atoms with E-state index in [4.69, 9.17) is 0 Å². The molecule has 81 heavy (non-hydrogen) atoms. The highest BCUT2D eigenvalue weighted by Crippen LogP contribution is 2.41. The molecule has 1 saturated heterocycles. The zero-order chi connectivity index (χ0) is 60.7. The number of benzene rings is 1. The van der Waals surface area contributed by atoms with Crippen LogP contribution in [-0.2, 0) is 38.4 Å². The van der Waals surface area contributed by atoms with E-state index in [2.05, 4.69) is 42.5 Å². The molecule has 20 heteroatoms. The molecule has 1 heterocycles. The van der Waals surface area contributed by atoms with Crippen molar-refractivity contribution in [3.8, 4) is 0 Å². The Hall–Kier alpha value is -5.66. The summed E-state index contributed by atoms with van der Waals surface area (Å²) in [6, 6.07) is -0.239. The average Bonchev–Trinajstić information content (AvgIpc) is 3.76. The molecule has 0 bridgehead atoms. The van der Waals surface area contributed by atoms with Gasteiger partial charge in [0.1, 0.15) is 52.6 Å². The molecule has 1 aromatic rings. The summed E-state index contributed by atoms with van der Waals surface area (Å²) in [5, 5.41) is 22.9. The standard InChI is InChI=1S/C61H101FN10O9/c1-36(2)31-46(51(74)66-48(33-38(5)6)53(76)69-61(12,13)58(81)70-60(10,11)56(79)63-39(7)34-71(14)15)67-57(80)59(8,9)68-52(75)47(32-37(3)4)65-50(73)45(30-25-40-21-17-16-18-22-40)64-54(77)49-44-24-20-19-23-42(44)35-72(49)55(78)41-26-28-43(62)29-27-41/h26-29,36-40,42,44-49H,16-25,30-35H2,1-15H3,(H,63,79)(H,64,77)(H,65,73)(H,66,74)(H,67,80)(H,68,75)(H,69,76)(H,70,81)/t39-,42+,44+,45-,46-,47-,48-,49-/m0/s1. The number of amides is 9.